The molecule has 102 valence electrons. The number of aromatic hydroxyl groups is 2. The Morgan fingerprint density at radius 2 is 1.68 bits per heavy atom. The van der Waals surface area contributed by atoms with E-state index in [2.05, 4.69) is 5.32 Å². The fourth-order valence-corrected chi connectivity index (χ4v) is 3.16. The maximum atomic E-state index is 9.83. The van der Waals surface area contributed by atoms with Gasteiger partial charge in [0.15, 0.2) is 0 Å². The predicted molar refractivity (Wildman–Crippen MR) is 79.1 cm³/mol. The minimum atomic E-state index is -0.169. The molecule has 2 rings (SSSR count). The minimum Gasteiger partial charge on any atom is -0.507 e. The van der Waals surface area contributed by atoms with E-state index in [-0.39, 0.29) is 23.6 Å². The molecule has 1 aromatic carbocycles. The molecule has 0 bridgehead atoms. The van der Waals surface area contributed by atoms with E-state index in [1.165, 1.54) is 11.3 Å². The van der Waals surface area contributed by atoms with Crippen molar-refractivity contribution in [3.63, 3.8) is 0 Å². The summed E-state index contributed by atoms with van der Waals surface area (Å²) in [6.45, 7) is 3.93. The first-order chi connectivity index (χ1) is 8.99. The fourth-order valence-electron chi connectivity index (χ4n) is 2.09. The first-order valence-electron chi connectivity index (χ1n) is 6.01. The molecule has 0 saturated heterocycles. The monoisotopic (exact) mass is 297 g/mol. The summed E-state index contributed by atoms with van der Waals surface area (Å²) in [5.41, 5.74) is 0.511. The van der Waals surface area contributed by atoms with Gasteiger partial charge in [0.1, 0.15) is 11.5 Å². The molecule has 19 heavy (non-hydrogen) atoms. The van der Waals surface area contributed by atoms with Gasteiger partial charge in [0, 0.05) is 17.0 Å². The van der Waals surface area contributed by atoms with Gasteiger partial charge in [-0.2, -0.15) is 0 Å². The molecule has 2 atom stereocenters. The van der Waals surface area contributed by atoms with Gasteiger partial charge in [-0.25, -0.2) is 0 Å². The Hall–Kier alpha value is -1.23. The molecule has 1 heterocycles. The fraction of sp³-hybridized carbons (Fsp3) is 0.286. The number of phenols is 2. The molecule has 3 N–H and O–H groups in total. The highest BCUT2D eigenvalue weighted by Crippen LogP contribution is 2.34. The number of nitrogens with one attached hydrogen (secondary N) is 1. The second kappa shape index (κ2) is 5.82. The zero-order chi connectivity index (χ0) is 14.0. The standard InChI is InChI=1S/C14H16ClNO2S/c1-8(12-6-7-13(15)19-12)16-9(2)14-10(17)4-3-5-11(14)18/h3-9,16-18H,1-2H3. The number of phenolic OH excluding ortho intramolecular Hbond substituents is 2. The Morgan fingerprint density at radius 1 is 1.05 bits per heavy atom. The Kier molecular flexibility index (Phi) is 4.34. The van der Waals surface area contributed by atoms with Crippen LogP contribution in [0.5, 0.6) is 11.5 Å². The van der Waals surface area contributed by atoms with E-state index in [0.717, 1.165) is 9.21 Å². The summed E-state index contributed by atoms with van der Waals surface area (Å²) in [7, 11) is 0. The third-order valence-electron chi connectivity index (χ3n) is 3.01. The van der Waals surface area contributed by atoms with Gasteiger partial charge in [0.05, 0.1) is 9.90 Å². The van der Waals surface area contributed by atoms with Gasteiger partial charge < -0.3 is 15.5 Å². The SMILES string of the molecule is CC(NC(C)c1c(O)cccc1O)c1ccc(Cl)s1. The topological polar surface area (TPSA) is 52.5 Å². The van der Waals surface area contributed by atoms with E-state index in [1.54, 1.807) is 18.2 Å². The Balaban J connectivity index is 2.15. The van der Waals surface area contributed by atoms with Crippen LogP contribution in [-0.4, -0.2) is 10.2 Å². The molecule has 3 nitrogen and oxygen atoms in total. The second-order valence-electron chi connectivity index (χ2n) is 4.46. The number of halogens is 1. The molecule has 5 heteroatoms. The van der Waals surface area contributed by atoms with Crippen molar-refractivity contribution in [2.45, 2.75) is 25.9 Å². The molecule has 0 fully saturated rings. The summed E-state index contributed by atoms with van der Waals surface area (Å²) in [5, 5.41) is 23.0. The number of hydrogen-bond acceptors (Lipinski definition) is 4. The van der Waals surface area contributed by atoms with Gasteiger partial charge in [-0.05, 0) is 38.1 Å². The summed E-state index contributed by atoms with van der Waals surface area (Å²) in [5.74, 6) is 0.188. The largest absolute Gasteiger partial charge is 0.507 e. The zero-order valence-corrected chi connectivity index (χ0v) is 12.3. The smallest absolute Gasteiger partial charge is 0.124 e. The highest BCUT2D eigenvalue weighted by Gasteiger charge is 2.18. The van der Waals surface area contributed by atoms with Crippen LogP contribution in [0.4, 0.5) is 0 Å². The van der Waals surface area contributed by atoms with Crippen molar-refractivity contribution >= 4 is 22.9 Å². The van der Waals surface area contributed by atoms with E-state index in [9.17, 15) is 10.2 Å². The first kappa shape index (κ1) is 14.2. The van der Waals surface area contributed by atoms with Crippen LogP contribution in [0.1, 0.15) is 36.4 Å². The summed E-state index contributed by atoms with van der Waals surface area (Å²) in [4.78, 5) is 1.12. The van der Waals surface area contributed by atoms with Crippen LogP contribution in [0.15, 0.2) is 30.3 Å². The van der Waals surface area contributed by atoms with E-state index in [4.69, 9.17) is 11.6 Å². The second-order valence-corrected chi connectivity index (χ2v) is 6.21. The van der Waals surface area contributed by atoms with Crippen LogP contribution in [0.3, 0.4) is 0 Å². The van der Waals surface area contributed by atoms with Crippen molar-refractivity contribution in [3.05, 3.63) is 45.1 Å². The highest BCUT2D eigenvalue weighted by molar-refractivity contribution is 7.16. The quantitative estimate of drug-likeness (QED) is 0.792. The Labute approximate surface area is 121 Å². The van der Waals surface area contributed by atoms with Crippen molar-refractivity contribution in [2.24, 2.45) is 0 Å². The van der Waals surface area contributed by atoms with Gasteiger partial charge in [0.2, 0.25) is 0 Å². The van der Waals surface area contributed by atoms with Gasteiger partial charge in [-0.3, -0.25) is 0 Å². The highest BCUT2D eigenvalue weighted by atomic mass is 35.5. The Morgan fingerprint density at radius 3 is 2.21 bits per heavy atom. The van der Waals surface area contributed by atoms with Crippen LogP contribution >= 0.6 is 22.9 Å². The van der Waals surface area contributed by atoms with Crippen molar-refractivity contribution < 1.29 is 10.2 Å². The number of thiophene rings is 1. The summed E-state index contributed by atoms with van der Waals surface area (Å²) < 4.78 is 0.752. The van der Waals surface area contributed by atoms with Crippen LogP contribution in [-0.2, 0) is 0 Å². The minimum absolute atomic E-state index is 0.0894. The van der Waals surface area contributed by atoms with Gasteiger partial charge in [0.25, 0.3) is 0 Å². The first-order valence-corrected chi connectivity index (χ1v) is 7.20. The van der Waals surface area contributed by atoms with Crippen molar-refractivity contribution in [1.82, 2.24) is 5.32 Å². The van der Waals surface area contributed by atoms with Crippen molar-refractivity contribution in [1.29, 1.82) is 0 Å². The summed E-state index contributed by atoms with van der Waals surface area (Å²) >= 11 is 7.44. The number of benzene rings is 1. The third kappa shape index (κ3) is 3.21. The number of hydrogen-bond donors (Lipinski definition) is 3. The maximum Gasteiger partial charge on any atom is 0.124 e. The molecule has 0 radical (unpaired) electrons. The number of rotatable bonds is 4. The van der Waals surface area contributed by atoms with Gasteiger partial charge in [-0.15, -0.1) is 11.3 Å². The molecular weight excluding hydrogens is 282 g/mol. The lowest BCUT2D eigenvalue weighted by atomic mass is 10.0. The van der Waals surface area contributed by atoms with Crippen LogP contribution < -0.4 is 5.32 Å². The van der Waals surface area contributed by atoms with E-state index >= 15 is 0 Å². The van der Waals surface area contributed by atoms with Crippen molar-refractivity contribution in [2.75, 3.05) is 0 Å². The maximum absolute atomic E-state index is 9.83. The molecule has 0 aliphatic carbocycles. The van der Waals surface area contributed by atoms with E-state index in [0.29, 0.717) is 5.56 Å². The summed E-state index contributed by atoms with van der Waals surface area (Å²) in [6.07, 6.45) is 0. The normalized spacial score (nSPS) is 14.3. The molecular formula is C14H16ClNO2S. The average molecular weight is 298 g/mol. The van der Waals surface area contributed by atoms with Crippen LogP contribution in [0.2, 0.25) is 4.34 Å². The lowest BCUT2D eigenvalue weighted by Gasteiger charge is -2.21. The molecule has 2 unspecified atom stereocenters. The lowest BCUT2D eigenvalue weighted by Crippen LogP contribution is -2.22. The predicted octanol–water partition coefficient (Wildman–Crippen LogP) is 4.22. The van der Waals surface area contributed by atoms with Gasteiger partial charge >= 0.3 is 0 Å². The average Bonchev–Trinajstić information content (AvgIpc) is 2.75. The van der Waals surface area contributed by atoms with E-state index < -0.39 is 0 Å². The van der Waals surface area contributed by atoms with Gasteiger partial charge in [-0.1, -0.05) is 17.7 Å². The molecule has 0 amide bonds. The zero-order valence-electron chi connectivity index (χ0n) is 10.7. The van der Waals surface area contributed by atoms with Crippen molar-refractivity contribution in [3.8, 4) is 11.5 Å². The molecule has 0 spiro atoms. The summed E-state index contributed by atoms with van der Waals surface area (Å²) in [6, 6.07) is 8.51. The van der Waals surface area contributed by atoms with E-state index in [1.807, 2.05) is 26.0 Å². The molecule has 0 saturated carbocycles. The molecule has 1 aromatic heterocycles. The molecule has 0 aliphatic heterocycles. The third-order valence-corrected chi connectivity index (χ3v) is 4.43. The van der Waals surface area contributed by atoms with Crippen LogP contribution in [0, 0.1) is 0 Å². The lowest BCUT2D eigenvalue weighted by molar-refractivity contribution is 0.408. The molecule has 2 aromatic rings. The molecule has 0 aliphatic rings. The Bertz CT molecular complexity index is 550. The van der Waals surface area contributed by atoms with Crippen LogP contribution in [0.25, 0.3) is 0 Å².